The number of nitrogens with one attached hydrogen (secondary N) is 2. The van der Waals surface area contributed by atoms with Gasteiger partial charge in [-0.05, 0) is 72.1 Å². The molecule has 2 aromatic rings. The van der Waals surface area contributed by atoms with E-state index in [2.05, 4.69) is 37.4 Å². The molecule has 2 saturated heterocycles. The van der Waals surface area contributed by atoms with E-state index in [9.17, 15) is 9.59 Å². The summed E-state index contributed by atoms with van der Waals surface area (Å²) in [5, 5.41) is 5.48. The van der Waals surface area contributed by atoms with Crippen LogP contribution in [0.25, 0.3) is 0 Å². The van der Waals surface area contributed by atoms with E-state index in [1.807, 2.05) is 26.1 Å². The van der Waals surface area contributed by atoms with Gasteiger partial charge in [-0.1, -0.05) is 0 Å². The third kappa shape index (κ3) is 5.28. The summed E-state index contributed by atoms with van der Waals surface area (Å²) in [6.45, 7) is 6.57. The van der Waals surface area contributed by atoms with Gasteiger partial charge >= 0.3 is 0 Å². The van der Waals surface area contributed by atoms with Crippen molar-refractivity contribution < 1.29 is 19.1 Å². The summed E-state index contributed by atoms with van der Waals surface area (Å²) in [4.78, 5) is 37.9. The summed E-state index contributed by atoms with van der Waals surface area (Å²) in [6.07, 6.45) is 2.65. The maximum absolute atomic E-state index is 13.4. The first-order chi connectivity index (χ1) is 16.4. The summed E-state index contributed by atoms with van der Waals surface area (Å²) in [5.74, 6) is 0.571. The van der Waals surface area contributed by atoms with Crippen molar-refractivity contribution in [1.82, 2.24) is 19.8 Å². The monoisotopic (exact) mass is 468 g/mol. The summed E-state index contributed by atoms with van der Waals surface area (Å²) in [5.41, 5.74) is 1.80. The molecule has 4 heterocycles. The fourth-order valence-corrected chi connectivity index (χ4v) is 3.98. The Hall–Kier alpha value is -3.24. The van der Waals surface area contributed by atoms with Crippen LogP contribution in [0, 0.1) is 13.8 Å². The Morgan fingerprint density at radius 3 is 2.32 bits per heavy atom. The van der Waals surface area contributed by atoms with E-state index in [-0.39, 0.29) is 17.5 Å². The number of pyridine rings is 2. The van der Waals surface area contributed by atoms with Gasteiger partial charge in [-0.2, -0.15) is 0 Å². The molecule has 0 aromatic carbocycles. The van der Waals surface area contributed by atoms with Crippen LogP contribution in [0.3, 0.4) is 0 Å². The number of hydrogen-bond acceptors (Lipinski definition) is 8. The molecule has 4 rings (SSSR count). The predicted molar refractivity (Wildman–Crippen MR) is 129 cm³/mol. The van der Waals surface area contributed by atoms with E-state index in [1.165, 1.54) is 0 Å². The van der Waals surface area contributed by atoms with Gasteiger partial charge in [-0.25, -0.2) is 9.97 Å². The molecule has 2 aliphatic rings. The van der Waals surface area contributed by atoms with Crippen LogP contribution in [0.1, 0.15) is 34.7 Å². The molecule has 2 aromatic heterocycles. The number of nitrogens with zero attached hydrogens (tertiary/aromatic N) is 4. The lowest BCUT2D eigenvalue weighted by atomic mass is 10.1. The average Bonchev–Trinajstić information content (AvgIpc) is 2.79. The Morgan fingerprint density at radius 1 is 1.06 bits per heavy atom. The van der Waals surface area contributed by atoms with Crippen LogP contribution in [0.5, 0.6) is 11.5 Å². The van der Waals surface area contributed by atoms with Gasteiger partial charge in [0.25, 0.3) is 5.91 Å². The van der Waals surface area contributed by atoms with Crippen LogP contribution in [-0.2, 0) is 4.79 Å². The van der Waals surface area contributed by atoms with Crippen LogP contribution in [0.2, 0.25) is 0 Å². The molecule has 2 N–H and O–H groups in total. The van der Waals surface area contributed by atoms with E-state index in [1.54, 1.807) is 13.0 Å². The Bertz CT molecular complexity index is 1060. The molecule has 0 unspecified atom stereocenters. The van der Waals surface area contributed by atoms with Gasteiger partial charge in [0.05, 0.1) is 5.69 Å². The maximum atomic E-state index is 13.4. The fourth-order valence-electron chi connectivity index (χ4n) is 3.98. The highest BCUT2D eigenvalue weighted by Crippen LogP contribution is 2.32. The molecular formula is C24H32N6O4. The molecule has 2 atom stereocenters. The van der Waals surface area contributed by atoms with Gasteiger partial charge in [0, 0.05) is 23.5 Å². The van der Waals surface area contributed by atoms with Crippen LogP contribution in [0.4, 0.5) is 11.5 Å². The van der Waals surface area contributed by atoms with Gasteiger partial charge in [0.1, 0.15) is 13.2 Å². The molecule has 0 radical (unpaired) electrons. The van der Waals surface area contributed by atoms with Crippen molar-refractivity contribution >= 4 is 23.8 Å². The lowest BCUT2D eigenvalue weighted by Crippen LogP contribution is -2.48. The number of likely N-dealkylation sites (N-methyl/N-ethyl adjacent to an activating group) is 2. The van der Waals surface area contributed by atoms with Crippen LogP contribution < -0.4 is 20.1 Å². The first-order valence-corrected chi connectivity index (χ1v) is 11.5. The third-order valence-corrected chi connectivity index (χ3v) is 6.49. The first kappa shape index (κ1) is 23.9. The minimum absolute atomic E-state index is 0.0827. The number of aryl methyl sites for hydroxylation is 2. The van der Waals surface area contributed by atoms with Crippen LogP contribution in [-0.4, -0.2) is 84.6 Å². The van der Waals surface area contributed by atoms with Crippen molar-refractivity contribution in [3.8, 4) is 11.5 Å². The number of anilines is 2. The highest BCUT2D eigenvalue weighted by Gasteiger charge is 2.28. The van der Waals surface area contributed by atoms with E-state index in [0.29, 0.717) is 48.6 Å². The zero-order valence-corrected chi connectivity index (χ0v) is 20.1. The third-order valence-electron chi connectivity index (χ3n) is 6.49. The molecule has 182 valence electrons. The molecule has 0 saturated carbocycles. The molecule has 2 aliphatic heterocycles. The first-order valence-electron chi connectivity index (χ1n) is 11.5. The number of ether oxygens (including phenoxy) is 2. The highest BCUT2D eigenvalue weighted by molar-refractivity contribution is 6.06. The SMILES string of the molecule is Cc1ccc(OC[C@H]2CCN2C)c(NC(=O)c2nc(C)cc(NC=O)c2OC[C@@H]2CCN2C)n1. The predicted octanol–water partition coefficient (Wildman–Crippen LogP) is 2.08. The lowest BCUT2D eigenvalue weighted by Gasteiger charge is -2.37. The summed E-state index contributed by atoms with van der Waals surface area (Å²) in [6, 6.07) is 5.94. The van der Waals surface area contributed by atoms with Gasteiger partial charge in [-0.15, -0.1) is 0 Å². The minimum Gasteiger partial charge on any atom is -0.488 e. The molecule has 0 bridgehead atoms. The normalized spacial score (nSPS) is 20.1. The number of carbonyl (C=O) groups excluding carboxylic acids is 2. The lowest BCUT2D eigenvalue weighted by molar-refractivity contribution is -0.105. The van der Waals surface area contributed by atoms with Gasteiger partial charge < -0.3 is 20.1 Å². The second-order valence-corrected chi connectivity index (χ2v) is 8.97. The molecule has 2 amide bonds. The quantitative estimate of drug-likeness (QED) is 0.510. The second-order valence-electron chi connectivity index (χ2n) is 8.97. The Balaban J connectivity index is 1.57. The number of amides is 2. The van der Waals surface area contributed by atoms with Gasteiger partial charge in [0.2, 0.25) is 6.41 Å². The smallest absolute Gasteiger partial charge is 0.279 e. The topological polar surface area (TPSA) is 109 Å². The second kappa shape index (κ2) is 10.4. The Morgan fingerprint density at radius 2 is 1.74 bits per heavy atom. The van der Waals surface area contributed by atoms with Crippen LogP contribution in [0.15, 0.2) is 18.2 Å². The van der Waals surface area contributed by atoms with Crippen molar-refractivity contribution in [2.75, 3.05) is 51.0 Å². The molecule has 2 fully saturated rings. The Kier molecular flexibility index (Phi) is 7.28. The molecule has 34 heavy (non-hydrogen) atoms. The van der Waals surface area contributed by atoms with Crippen molar-refractivity contribution in [1.29, 1.82) is 0 Å². The summed E-state index contributed by atoms with van der Waals surface area (Å²) < 4.78 is 12.0. The van der Waals surface area contributed by atoms with Crippen LogP contribution >= 0.6 is 0 Å². The number of rotatable bonds is 10. The minimum atomic E-state index is -0.488. The zero-order chi connectivity index (χ0) is 24.2. The number of aromatic nitrogens is 2. The zero-order valence-electron chi connectivity index (χ0n) is 20.1. The summed E-state index contributed by atoms with van der Waals surface area (Å²) in [7, 11) is 4.08. The largest absolute Gasteiger partial charge is 0.488 e. The van der Waals surface area contributed by atoms with Gasteiger partial charge in [-0.3, -0.25) is 19.4 Å². The summed E-state index contributed by atoms with van der Waals surface area (Å²) >= 11 is 0. The number of likely N-dealkylation sites (tertiary alicyclic amines) is 2. The van der Waals surface area contributed by atoms with Gasteiger partial charge in [0.15, 0.2) is 23.0 Å². The standard InChI is InChI=1S/C24H32N6O4/c1-15-5-6-20(33-12-17-7-9-29(17)3)23(27-15)28-24(32)21-22(34-13-18-8-10-30(18)4)19(25-14-31)11-16(2)26-21/h5-6,11,14,17-18H,7-10,12-13H2,1-4H3,(H,25,26,31)(H,27,28,32)/t17-,18+/m1/s1. The van der Waals surface area contributed by atoms with Crippen molar-refractivity contribution in [2.24, 2.45) is 0 Å². The maximum Gasteiger partial charge on any atom is 0.279 e. The van der Waals surface area contributed by atoms with Crippen molar-refractivity contribution in [3.63, 3.8) is 0 Å². The fraction of sp³-hybridized carbons (Fsp3) is 0.500. The van der Waals surface area contributed by atoms with Crippen molar-refractivity contribution in [2.45, 2.75) is 38.8 Å². The molecule has 10 nitrogen and oxygen atoms in total. The number of hydrogen-bond donors (Lipinski definition) is 2. The molecule has 10 heteroatoms. The molecule has 0 spiro atoms. The molecular weight excluding hydrogens is 436 g/mol. The van der Waals surface area contributed by atoms with E-state index in [4.69, 9.17) is 9.47 Å². The van der Waals surface area contributed by atoms with E-state index in [0.717, 1.165) is 31.6 Å². The van der Waals surface area contributed by atoms with E-state index >= 15 is 0 Å². The number of carbonyl (C=O) groups is 2. The highest BCUT2D eigenvalue weighted by atomic mass is 16.5. The molecule has 0 aliphatic carbocycles. The van der Waals surface area contributed by atoms with Crippen molar-refractivity contribution in [3.05, 3.63) is 35.3 Å². The average molecular weight is 469 g/mol. The Labute approximate surface area is 199 Å². The van der Waals surface area contributed by atoms with E-state index < -0.39 is 5.91 Å².